The molecule has 0 atom stereocenters. The number of hydrogen-bond donors (Lipinski definition) is 0. The minimum Gasteiger partial charge on any atom is -0.494 e. The Balaban J connectivity index is 2.05. The van der Waals surface area contributed by atoms with E-state index in [2.05, 4.69) is 6.58 Å². The number of fused-ring (bicyclic) bond motifs is 1. The average Bonchev–Trinajstić information content (AvgIpc) is 2.71. The van der Waals surface area contributed by atoms with Gasteiger partial charge in [-0.1, -0.05) is 6.08 Å². The van der Waals surface area contributed by atoms with Crippen LogP contribution in [0.15, 0.2) is 47.8 Å². The largest absolute Gasteiger partial charge is 0.494 e. The summed E-state index contributed by atoms with van der Waals surface area (Å²) in [6, 6.07) is 6.66. The zero-order valence-corrected chi connectivity index (χ0v) is 16.8. The lowest BCUT2D eigenvalue weighted by Gasteiger charge is -2.33. The number of aromatic nitrogens is 1. The Hall–Kier alpha value is -2.86. The summed E-state index contributed by atoms with van der Waals surface area (Å²) >= 11 is 0. The van der Waals surface area contributed by atoms with Crippen molar-refractivity contribution in [1.82, 2.24) is 4.73 Å². The molecule has 0 aliphatic heterocycles. The van der Waals surface area contributed by atoms with Gasteiger partial charge < -0.3 is 9.57 Å². The fourth-order valence-corrected chi connectivity index (χ4v) is 2.70. The van der Waals surface area contributed by atoms with Crippen LogP contribution in [0.3, 0.4) is 0 Å². The van der Waals surface area contributed by atoms with Crippen LogP contribution in [0.2, 0.25) is 0 Å². The summed E-state index contributed by atoms with van der Waals surface area (Å²) in [5.74, 6) is -19.1. The molecule has 0 amide bonds. The SMILES string of the molecule is C=CCCOn1c(=O)ccc2cc(OCCCC(F)(F)C(F)(F)C(F)(F)C(F)(F)F)ccc21. The van der Waals surface area contributed by atoms with Gasteiger partial charge in [0.1, 0.15) is 12.4 Å². The molecule has 0 saturated heterocycles. The smallest absolute Gasteiger partial charge is 0.460 e. The molecule has 0 unspecified atom stereocenters. The molecule has 0 fully saturated rings. The van der Waals surface area contributed by atoms with Gasteiger partial charge >= 0.3 is 23.9 Å². The summed E-state index contributed by atoms with van der Waals surface area (Å²) in [7, 11) is 0. The third-order valence-electron chi connectivity index (χ3n) is 4.48. The van der Waals surface area contributed by atoms with Gasteiger partial charge in [-0.25, -0.2) is 0 Å². The molecule has 33 heavy (non-hydrogen) atoms. The van der Waals surface area contributed by atoms with Crippen molar-refractivity contribution in [1.29, 1.82) is 0 Å². The normalized spacial score (nSPS) is 13.2. The van der Waals surface area contributed by atoms with Gasteiger partial charge in [0.25, 0.3) is 5.56 Å². The van der Waals surface area contributed by atoms with Gasteiger partial charge in [-0.3, -0.25) is 4.79 Å². The third-order valence-corrected chi connectivity index (χ3v) is 4.48. The summed E-state index contributed by atoms with van der Waals surface area (Å²) in [4.78, 5) is 17.3. The van der Waals surface area contributed by atoms with E-state index in [4.69, 9.17) is 9.57 Å². The van der Waals surface area contributed by atoms with Crippen LogP contribution >= 0.6 is 0 Å². The number of pyridine rings is 1. The van der Waals surface area contributed by atoms with Gasteiger partial charge in [0.15, 0.2) is 0 Å². The molecule has 2 aromatic rings. The Morgan fingerprint density at radius 3 is 2.18 bits per heavy atom. The maximum absolute atomic E-state index is 13.5. The number of nitrogens with zero attached hydrogens (tertiary/aromatic N) is 1. The lowest BCUT2D eigenvalue weighted by atomic mass is 10.00. The van der Waals surface area contributed by atoms with E-state index in [0.717, 1.165) is 4.73 Å². The predicted octanol–water partition coefficient (Wildman–Crippen LogP) is 5.63. The maximum Gasteiger partial charge on any atom is 0.460 e. The fourth-order valence-electron chi connectivity index (χ4n) is 2.70. The molecule has 13 heteroatoms. The first-order chi connectivity index (χ1) is 15.2. The Morgan fingerprint density at radius 1 is 0.909 bits per heavy atom. The first kappa shape index (κ1) is 26.4. The molecule has 4 nitrogen and oxygen atoms in total. The molecule has 0 aliphatic rings. The van der Waals surface area contributed by atoms with Crippen molar-refractivity contribution < 1.29 is 49.1 Å². The zero-order valence-electron chi connectivity index (χ0n) is 16.8. The highest BCUT2D eigenvalue weighted by Gasteiger charge is 2.81. The highest BCUT2D eigenvalue weighted by Crippen LogP contribution is 2.54. The highest BCUT2D eigenvalue weighted by atomic mass is 19.4. The molecule has 0 aliphatic carbocycles. The van der Waals surface area contributed by atoms with Crippen LogP contribution in [0.25, 0.3) is 10.9 Å². The number of rotatable bonds is 11. The van der Waals surface area contributed by atoms with Crippen molar-refractivity contribution in [3.8, 4) is 5.75 Å². The number of alkyl halides is 9. The van der Waals surface area contributed by atoms with E-state index in [9.17, 15) is 44.3 Å². The molecule has 0 N–H and O–H groups in total. The van der Waals surface area contributed by atoms with Crippen LogP contribution in [0, 0.1) is 0 Å². The number of benzene rings is 1. The van der Waals surface area contributed by atoms with Crippen LogP contribution < -0.4 is 15.1 Å². The zero-order chi connectivity index (χ0) is 25.1. The van der Waals surface area contributed by atoms with Crippen LogP contribution in [0.5, 0.6) is 5.75 Å². The average molecular weight is 491 g/mol. The second kappa shape index (κ2) is 9.56. The van der Waals surface area contributed by atoms with E-state index in [1.54, 1.807) is 6.08 Å². The Bertz CT molecular complexity index is 1030. The number of hydrogen-bond acceptors (Lipinski definition) is 3. The van der Waals surface area contributed by atoms with Crippen molar-refractivity contribution in [2.75, 3.05) is 13.2 Å². The Labute approximate surface area is 181 Å². The van der Waals surface area contributed by atoms with E-state index in [-0.39, 0.29) is 12.4 Å². The molecule has 1 aromatic heterocycles. The quantitative estimate of drug-likeness (QED) is 0.232. The van der Waals surface area contributed by atoms with Gasteiger partial charge in [0.05, 0.1) is 12.1 Å². The summed E-state index contributed by atoms with van der Waals surface area (Å²) < 4.78 is 122. The molecule has 1 aromatic carbocycles. The summed E-state index contributed by atoms with van der Waals surface area (Å²) in [5, 5.41) is 0.424. The van der Waals surface area contributed by atoms with E-state index in [1.165, 1.54) is 30.3 Å². The first-order valence-electron chi connectivity index (χ1n) is 9.38. The van der Waals surface area contributed by atoms with Crippen molar-refractivity contribution in [2.45, 2.75) is 43.2 Å². The molecule has 0 saturated carbocycles. The minimum absolute atomic E-state index is 0.0505. The predicted molar refractivity (Wildman–Crippen MR) is 100 cm³/mol. The molecule has 184 valence electrons. The molecule has 1 heterocycles. The van der Waals surface area contributed by atoms with E-state index in [0.29, 0.717) is 17.3 Å². The summed E-state index contributed by atoms with van der Waals surface area (Å²) in [6.07, 6.45) is -7.74. The lowest BCUT2D eigenvalue weighted by Crippen LogP contribution is -2.60. The molecular weight excluding hydrogens is 473 g/mol. The lowest BCUT2D eigenvalue weighted by molar-refractivity contribution is -0.396. The highest BCUT2D eigenvalue weighted by molar-refractivity contribution is 5.80. The molecule has 2 rings (SSSR count). The Morgan fingerprint density at radius 2 is 1.58 bits per heavy atom. The topological polar surface area (TPSA) is 40.5 Å². The third kappa shape index (κ3) is 5.38. The van der Waals surface area contributed by atoms with Gasteiger partial charge in [-0.2, -0.15) is 39.5 Å². The van der Waals surface area contributed by atoms with Gasteiger partial charge in [-0.15, -0.1) is 11.3 Å². The van der Waals surface area contributed by atoms with Crippen LogP contribution in [-0.2, 0) is 0 Å². The number of ether oxygens (including phenoxy) is 1. The summed E-state index contributed by atoms with van der Waals surface area (Å²) in [5.41, 5.74) is -0.140. The van der Waals surface area contributed by atoms with E-state index < -0.39 is 49.0 Å². The van der Waals surface area contributed by atoms with Crippen molar-refractivity contribution in [3.05, 3.63) is 53.3 Å². The van der Waals surface area contributed by atoms with Crippen molar-refractivity contribution >= 4 is 10.9 Å². The summed E-state index contributed by atoms with van der Waals surface area (Å²) in [6.45, 7) is 3.00. The standard InChI is InChI=1S/C20H18F9NO3/c1-2-3-11-33-30-15-7-6-14(12-13(15)5-8-16(30)31)32-10-4-9-17(21,22)18(23,24)19(25,26)20(27,28)29/h2,5-8,12H,1,3-4,9-11H2. The second-order valence-corrected chi connectivity index (χ2v) is 6.90. The van der Waals surface area contributed by atoms with Crippen LogP contribution in [0.4, 0.5) is 39.5 Å². The molecule has 0 radical (unpaired) electrons. The van der Waals surface area contributed by atoms with Crippen LogP contribution in [-0.4, -0.2) is 41.9 Å². The second-order valence-electron chi connectivity index (χ2n) is 6.90. The van der Waals surface area contributed by atoms with Crippen LogP contribution in [0.1, 0.15) is 19.3 Å². The van der Waals surface area contributed by atoms with E-state index >= 15 is 0 Å². The fraction of sp³-hybridized carbons (Fsp3) is 0.450. The van der Waals surface area contributed by atoms with Crippen molar-refractivity contribution in [2.24, 2.45) is 0 Å². The Kier molecular flexibility index (Phi) is 7.64. The minimum atomic E-state index is -6.91. The first-order valence-corrected chi connectivity index (χ1v) is 9.38. The monoisotopic (exact) mass is 491 g/mol. The maximum atomic E-state index is 13.5. The molecule has 0 spiro atoms. The van der Waals surface area contributed by atoms with Gasteiger partial charge in [-0.05, 0) is 30.7 Å². The van der Waals surface area contributed by atoms with Crippen molar-refractivity contribution in [3.63, 3.8) is 0 Å². The van der Waals surface area contributed by atoms with E-state index in [1.807, 2.05) is 0 Å². The van der Waals surface area contributed by atoms with Gasteiger partial charge in [0.2, 0.25) is 0 Å². The van der Waals surface area contributed by atoms with Gasteiger partial charge in [0, 0.05) is 24.3 Å². The number of halogens is 9. The molecule has 0 bridgehead atoms. The molecular formula is C20H18F9NO3.